The molecule has 0 spiro atoms. The number of aromatic hydroxyl groups is 1. The van der Waals surface area contributed by atoms with Gasteiger partial charge in [0.1, 0.15) is 23.1 Å². The normalized spacial score (nSPS) is 11.0. The zero-order chi connectivity index (χ0) is 15.9. The van der Waals surface area contributed by atoms with Gasteiger partial charge >= 0.3 is 5.97 Å². The number of carboxylic acids is 1. The fourth-order valence-corrected chi connectivity index (χ4v) is 2.49. The van der Waals surface area contributed by atoms with Crippen molar-refractivity contribution in [3.8, 4) is 5.75 Å². The van der Waals surface area contributed by atoms with E-state index in [-0.39, 0.29) is 18.0 Å². The summed E-state index contributed by atoms with van der Waals surface area (Å²) in [5, 5.41) is 19.3. The predicted octanol–water partition coefficient (Wildman–Crippen LogP) is 3.37. The summed E-state index contributed by atoms with van der Waals surface area (Å²) < 4.78 is 28.0. The molecule has 112 valence electrons. The molecule has 0 radical (unpaired) electrons. The van der Waals surface area contributed by atoms with E-state index in [2.05, 4.69) is 0 Å². The molecule has 3 aromatic rings. The first-order chi connectivity index (χ1) is 10.4. The highest BCUT2D eigenvalue weighted by molar-refractivity contribution is 5.95. The molecule has 2 N–H and O–H groups in total. The zero-order valence-electron chi connectivity index (χ0n) is 11.3. The van der Waals surface area contributed by atoms with Crippen LogP contribution in [0.1, 0.15) is 16.1 Å². The summed E-state index contributed by atoms with van der Waals surface area (Å²) in [5.74, 6) is -2.59. The maximum atomic E-state index is 13.3. The third-order valence-corrected chi connectivity index (χ3v) is 3.37. The fraction of sp³-hybridized carbons (Fsp3) is 0.0625. The quantitative estimate of drug-likeness (QED) is 0.780. The minimum Gasteiger partial charge on any atom is -0.508 e. The van der Waals surface area contributed by atoms with Crippen LogP contribution >= 0.6 is 0 Å². The van der Waals surface area contributed by atoms with E-state index in [0.29, 0.717) is 16.5 Å². The van der Waals surface area contributed by atoms with E-state index in [0.717, 1.165) is 18.2 Å². The van der Waals surface area contributed by atoms with Gasteiger partial charge in [-0.3, -0.25) is 0 Å². The van der Waals surface area contributed by atoms with E-state index in [1.54, 1.807) is 6.07 Å². The minimum atomic E-state index is -1.16. The number of halogens is 2. The van der Waals surface area contributed by atoms with Crippen molar-refractivity contribution in [2.75, 3.05) is 0 Å². The van der Waals surface area contributed by atoms with Crippen molar-refractivity contribution >= 4 is 16.9 Å². The van der Waals surface area contributed by atoms with Crippen LogP contribution < -0.4 is 0 Å². The van der Waals surface area contributed by atoms with Gasteiger partial charge in [-0.25, -0.2) is 13.6 Å². The van der Waals surface area contributed by atoms with E-state index in [1.807, 2.05) is 0 Å². The van der Waals surface area contributed by atoms with E-state index in [1.165, 1.54) is 22.8 Å². The summed E-state index contributed by atoms with van der Waals surface area (Å²) in [5.41, 5.74) is 0.843. The maximum Gasteiger partial charge on any atom is 0.352 e. The molecule has 4 nitrogen and oxygen atoms in total. The number of carbonyl (C=O) groups is 1. The minimum absolute atomic E-state index is 0.00455. The molecule has 3 rings (SSSR count). The summed E-state index contributed by atoms with van der Waals surface area (Å²) >= 11 is 0. The number of aromatic nitrogens is 1. The second-order valence-corrected chi connectivity index (χ2v) is 4.94. The number of carboxylic acid groups (broad SMARTS) is 1. The van der Waals surface area contributed by atoms with Gasteiger partial charge in [0.05, 0.1) is 0 Å². The van der Waals surface area contributed by atoms with Crippen LogP contribution in [-0.4, -0.2) is 20.7 Å². The number of aromatic carboxylic acids is 1. The number of hydrogen-bond acceptors (Lipinski definition) is 2. The summed E-state index contributed by atoms with van der Waals surface area (Å²) in [6.07, 6.45) is 0. The van der Waals surface area contributed by atoms with Crippen molar-refractivity contribution in [2.45, 2.75) is 6.54 Å². The molecule has 1 heterocycles. The Morgan fingerprint density at radius 1 is 1.05 bits per heavy atom. The number of fused-ring (bicyclic) bond motifs is 1. The van der Waals surface area contributed by atoms with Crippen LogP contribution in [0.3, 0.4) is 0 Å². The number of benzene rings is 2. The first-order valence-corrected chi connectivity index (χ1v) is 6.44. The highest BCUT2D eigenvalue weighted by Gasteiger charge is 2.15. The van der Waals surface area contributed by atoms with Crippen molar-refractivity contribution < 1.29 is 23.8 Å². The molecule has 0 aliphatic carbocycles. The van der Waals surface area contributed by atoms with Crippen LogP contribution in [0.25, 0.3) is 10.9 Å². The SMILES string of the molecule is O=C(O)c1cc2cc(O)ccc2n1Cc1cc(F)cc(F)c1. The molecule has 6 heteroatoms. The Balaban J connectivity index is 2.16. The van der Waals surface area contributed by atoms with Crippen LogP contribution in [0, 0.1) is 11.6 Å². The third-order valence-electron chi connectivity index (χ3n) is 3.37. The Kier molecular flexibility index (Phi) is 3.29. The molecule has 0 amide bonds. The Labute approximate surface area is 123 Å². The molecule has 0 aliphatic heterocycles. The molecule has 2 aromatic carbocycles. The van der Waals surface area contributed by atoms with E-state index < -0.39 is 17.6 Å². The Bertz CT molecular complexity index is 866. The van der Waals surface area contributed by atoms with Crippen LogP contribution in [0.4, 0.5) is 8.78 Å². The zero-order valence-corrected chi connectivity index (χ0v) is 11.3. The van der Waals surface area contributed by atoms with Gasteiger partial charge in [-0.05, 0) is 42.0 Å². The van der Waals surface area contributed by atoms with E-state index in [4.69, 9.17) is 0 Å². The first kappa shape index (κ1) is 14.1. The van der Waals surface area contributed by atoms with Crippen molar-refractivity contribution in [1.82, 2.24) is 4.57 Å². The topological polar surface area (TPSA) is 62.5 Å². The number of phenolic OH excluding ortho intramolecular Hbond substituents is 1. The molecule has 0 unspecified atom stereocenters. The number of hydrogen-bond donors (Lipinski definition) is 2. The summed E-state index contributed by atoms with van der Waals surface area (Å²) in [7, 11) is 0. The van der Waals surface area contributed by atoms with Crippen molar-refractivity contribution in [2.24, 2.45) is 0 Å². The Morgan fingerprint density at radius 3 is 2.36 bits per heavy atom. The van der Waals surface area contributed by atoms with Gasteiger partial charge in [0, 0.05) is 23.5 Å². The molecule has 0 aliphatic rings. The van der Waals surface area contributed by atoms with Crippen LogP contribution in [0.15, 0.2) is 42.5 Å². The van der Waals surface area contributed by atoms with Gasteiger partial charge in [0.15, 0.2) is 0 Å². The van der Waals surface area contributed by atoms with Crippen LogP contribution in [0.5, 0.6) is 5.75 Å². The molecular formula is C16H11F2NO3. The molecule has 22 heavy (non-hydrogen) atoms. The van der Waals surface area contributed by atoms with Crippen molar-refractivity contribution in [1.29, 1.82) is 0 Å². The Hall–Kier alpha value is -2.89. The molecule has 0 saturated heterocycles. The highest BCUT2D eigenvalue weighted by Crippen LogP contribution is 2.25. The van der Waals surface area contributed by atoms with Crippen molar-refractivity contribution in [3.63, 3.8) is 0 Å². The average Bonchev–Trinajstić information content (AvgIpc) is 2.75. The lowest BCUT2D eigenvalue weighted by atomic mass is 10.2. The first-order valence-electron chi connectivity index (χ1n) is 6.44. The van der Waals surface area contributed by atoms with Gasteiger partial charge in [0.2, 0.25) is 0 Å². The standard InChI is InChI=1S/C16H11F2NO3/c17-11-3-9(4-12(18)7-11)8-19-14-2-1-13(20)5-10(14)6-15(19)16(21)22/h1-7,20H,8H2,(H,21,22). The second-order valence-electron chi connectivity index (χ2n) is 4.94. The Morgan fingerprint density at radius 2 is 1.73 bits per heavy atom. The molecule has 0 saturated carbocycles. The molecular weight excluding hydrogens is 292 g/mol. The smallest absolute Gasteiger partial charge is 0.352 e. The van der Waals surface area contributed by atoms with Crippen LogP contribution in [0.2, 0.25) is 0 Å². The fourth-order valence-electron chi connectivity index (χ4n) is 2.49. The summed E-state index contributed by atoms with van der Waals surface area (Å²) in [6.45, 7) is 0.00455. The molecule has 0 bridgehead atoms. The van der Waals surface area contributed by atoms with Crippen molar-refractivity contribution in [3.05, 3.63) is 65.4 Å². The average molecular weight is 303 g/mol. The molecule has 0 fully saturated rings. The monoisotopic (exact) mass is 303 g/mol. The lowest BCUT2D eigenvalue weighted by molar-refractivity contribution is 0.0686. The van der Waals surface area contributed by atoms with Gasteiger partial charge < -0.3 is 14.8 Å². The number of phenols is 1. The van der Waals surface area contributed by atoms with E-state index >= 15 is 0 Å². The van der Waals surface area contributed by atoms with Gasteiger partial charge in [-0.1, -0.05) is 0 Å². The predicted molar refractivity (Wildman–Crippen MR) is 76.0 cm³/mol. The molecule has 0 atom stereocenters. The summed E-state index contributed by atoms with van der Waals surface area (Å²) in [4.78, 5) is 11.4. The lowest BCUT2D eigenvalue weighted by Gasteiger charge is -2.09. The maximum absolute atomic E-state index is 13.3. The van der Waals surface area contributed by atoms with Gasteiger partial charge in [-0.15, -0.1) is 0 Å². The highest BCUT2D eigenvalue weighted by atomic mass is 19.1. The lowest BCUT2D eigenvalue weighted by Crippen LogP contribution is -2.09. The number of nitrogens with zero attached hydrogens (tertiary/aromatic N) is 1. The second kappa shape index (κ2) is 5.14. The largest absolute Gasteiger partial charge is 0.508 e. The van der Waals surface area contributed by atoms with Gasteiger partial charge in [-0.2, -0.15) is 0 Å². The molecule has 1 aromatic heterocycles. The summed E-state index contributed by atoms with van der Waals surface area (Å²) in [6, 6.07) is 8.90. The van der Waals surface area contributed by atoms with E-state index in [9.17, 15) is 23.8 Å². The van der Waals surface area contributed by atoms with Gasteiger partial charge in [0.25, 0.3) is 0 Å². The third kappa shape index (κ3) is 2.50. The van der Waals surface area contributed by atoms with Crippen LogP contribution in [-0.2, 0) is 6.54 Å². The number of rotatable bonds is 3.